The molecular formula is C31H39N. The van der Waals surface area contributed by atoms with Gasteiger partial charge in [-0.2, -0.15) is 0 Å². The van der Waals surface area contributed by atoms with Crippen LogP contribution in [0.5, 0.6) is 0 Å². The smallest absolute Gasteiger partial charge is 0.00190 e. The summed E-state index contributed by atoms with van der Waals surface area (Å²) in [5.74, 6) is 1.05. The molecule has 1 saturated carbocycles. The summed E-state index contributed by atoms with van der Waals surface area (Å²) in [5.41, 5.74) is 8.70. The third-order valence-corrected chi connectivity index (χ3v) is 8.03. The minimum absolute atomic E-state index is 1.05. The van der Waals surface area contributed by atoms with Crippen molar-refractivity contribution in [1.82, 2.24) is 4.90 Å². The van der Waals surface area contributed by atoms with Crippen LogP contribution >= 0.6 is 0 Å². The van der Waals surface area contributed by atoms with Crippen molar-refractivity contribution in [3.05, 3.63) is 76.4 Å². The molecule has 0 unspecified atom stereocenters. The lowest BCUT2D eigenvalue weighted by Gasteiger charge is -2.30. The third kappa shape index (κ3) is 5.09. The first-order valence-electron chi connectivity index (χ1n) is 13.2. The van der Waals surface area contributed by atoms with Crippen LogP contribution in [0.15, 0.2) is 54.1 Å². The Labute approximate surface area is 195 Å². The Hall–Kier alpha value is -2.12. The summed E-state index contributed by atoms with van der Waals surface area (Å²) in [6, 6.07) is 17.9. The Kier molecular flexibility index (Phi) is 7.24. The fourth-order valence-electron chi connectivity index (χ4n) is 6.16. The number of rotatable bonds is 6. The monoisotopic (exact) mass is 425 g/mol. The Balaban J connectivity index is 1.20. The fraction of sp³-hybridized carbons (Fsp3) is 0.484. The van der Waals surface area contributed by atoms with Gasteiger partial charge in [-0.15, -0.1) is 0 Å². The van der Waals surface area contributed by atoms with Crippen molar-refractivity contribution in [3.63, 3.8) is 0 Å². The molecule has 1 heteroatoms. The number of fused-ring (bicyclic) bond motifs is 2. The largest absolute Gasteiger partial charge is 0.303 e. The third-order valence-electron chi connectivity index (χ3n) is 8.03. The predicted octanol–water partition coefficient (Wildman–Crippen LogP) is 8.21. The standard InChI is InChI=1S/C31H39N/c1-3-11-25(12-4-1)13-5-2-10-22-32-23-20-28(21-24-32)31-29-16-8-6-14-26(29)18-19-27-15-7-9-17-30(27)31/h6-9,14-19,25H,1-5,10-13,20-24H2. The molecule has 2 fully saturated rings. The molecule has 2 aliphatic carbocycles. The van der Waals surface area contributed by atoms with Crippen molar-refractivity contribution in [2.45, 2.75) is 70.6 Å². The highest BCUT2D eigenvalue weighted by molar-refractivity contribution is 5.94. The summed E-state index contributed by atoms with van der Waals surface area (Å²) in [6.07, 6.45) is 20.2. The van der Waals surface area contributed by atoms with Gasteiger partial charge in [0.2, 0.25) is 0 Å². The maximum Gasteiger partial charge on any atom is 0.00190 e. The molecule has 3 aliphatic rings. The van der Waals surface area contributed by atoms with E-state index in [4.69, 9.17) is 0 Å². The molecule has 1 heterocycles. The molecular weight excluding hydrogens is 386 g/mol. The second kappa shape index (κ2) is 10.7. The highest BCUT2D eigenvalue weighted by atomic mass is 15.1. The molecule has 1 aliphatic heterocycles. The van der Waals surface area contributed by atoms with Crippen molar-refractivity contribution in [3.8, 4) is 0 Å². The van der Waals surface area contributed by atoms with Crippen LogP contribution in [0.3, 0.4) is 0 Å². The number of hydrogen-bond acceptors (Lipinski definition) is 1. The molecule has 1 nitrogen and oxygen atoms in total. The average molecular weight is 426 g/mol. The van der Waals surface area contributed by atoms with Crippen LogP contribution in [-0.2, 0) is 0 Å². The van der Waals surface area contributed by atoms with Gasteiger partial charge in [-0.25, -0.2) is 0 Å². The zero-order valence-electron chi connectivity index (χ0n) is 19.7. The van der Waals surface area contributed by atoms with Crippen molar-refractivity contribution >= 4 is 17.7 Å². The normalized spacial score (nSPS) is 19.5. The Bertz CT molecular complexity index is 898. The van der Waals surface area contributed by atoms with Crippen LogP contribution < -0.4 is 0 Å². The van der Waals surface area contributed by atoms with Gasteiger partial charge in [0.25, 0.3) is 0 Å². The molecule has 0 atom stereocenters. The lowest BCUT2D eigenvalue weighted by molar-refractivity contribution is 0.248. The van der Waals surface area contributed by atoms with Crippen molar-refractivity contribution < 1.29 is 0 Å². The van der Waals surface area contributed by atoms with Crippen LogP contribution in [0.4, 0.5) is 0 Å². The van der Waals surface area contributed by atoms with Gasteiger partial charge in [0.1, 0.15) is 0 Å². The maximum absolute atomic E-state index is 2.72. The second-order valence-corrected chi connectivity index (χ2v) is 10.2. The van der Waals surface area contributed by atoms with E-state index in [9.17, 15) is 0 Å². The zero-order valence-corrected chi connectivity index (χ0v) is 19.7. The molecule has 1 saturated heterocycles. The molecule has 5 rings (SSSR count). The minimum Gasteiger partial charge on any atom is -0.303 e. The predicted molar refractivity (Wildman–Crippen MR) is 139 cm³/mol. The molecule has 168 valence electrons. The maximum atomic E-state index is 2.72. The number of nitrogens with zero attached hydrogens (tertiary/aromatic N) is 1. The van der Waals surface area contributed by atoms with Gasteiger partial charge in [0.15, 0.2) is 0 Å². The lowest BCUT2D eigenvalue weighted by atomic mass is 9.85. The molecule has 0 bridgehead atoms. The van der Waals surface area contributed by atoms with Crippen LogP contribution in [0, 0.1) is 5.92 Å². The van der Waals surface area contributed by atoms with E-state index in [2.05, 4.69) is 65.6 Å². The molecule has 0 radical (unpaired) electrons. The van der Waals surface area contributed by atoms with E-state index < -0.39 is 0 Å². The Morgan fingerprint density at radius 1 is 0.688 bits per heavy atom. The van der Waals surface area contributed by atoms with Crippen molar-refractivity contribution in [2.24, 2.45) is 5.92 Å². The fourth-order valence-corrected chi connectivity index (χ4v) is 6.16. The summed E-state index contributed by atoms with van der Waals surface area (Å²) in [5, 5.41) is 0. The van der Waals surface area contributed by atoms with E-state index in [-0.39, 0.29) is 0 Å². The second-order valence-electron chi connectivity index (χ2n) is 10.2. The van der Waals surface area contributed by atoms with E-state index in [1.54, 1.807) is 5.57 Å². The molecule has 2 aromatic rings. The zero-order chi connectivity index (χ0) is 21.6. The molecule has 32 heavy (non-hydrogen) atoms. The number of hydrogen-bond donors (Lipinski definition) is 0. The SMILES string of the molecule is C1=Cc2ccccc2C(=C2CCN(CCCCCC3CCCCC3)CC2)c2ccccc21. The molecule has 0 N–H and O–H groups in total. The van der Waals surface area contributed by atoms with E-state index in [0.717, 1.165) is 5.92 Å². The summed E-state index contributed by atoms with van der Waals surface area (Å²) in [6.45, 7) is 3.74. The molecule has 0 amide bonds. The first-order valence-corrected chi connectivity index (χ1v) is 13.2. The van der Waals surface area contributed by atoms with Crippen LogP contribution in [0.25, 0.3) is 17.7 Å². The van der Waals surface area contributed by atoms with Gasteiger partial charge >= 0.3 is 0 Å². The first kappa shape index (κ1) is 21.7. The van der Waals surface area contributed by atoms with E-state index in [0.29, 0.717) is 0 Å². The molecule has 0 spiro atoms. The van der Waals surface area contributed by atoms with Crippen molar-refractivity contribution in [1.29, 1.82) is 0 Å². The van der Waals surface area contributed by atoms with Crippen LogP contribution in [0.1, 0.15) is 92.9 Å². The van der Waals surface area contributed by atoms with Crippen LogP contribution in [0.2, 0.25) is 0 Å². The van der Waals surface area contributed by atoms with Gasteiger partial charge in [0, 0.05) is 13.1 Å². The summed E-state index contributed by atoms with van der Waals surface area (Å²) in [4.78, 5) is 2.72. The molecule has 0 aromatic heterocycles. The van der Waals surface area contributed by atoms with E-state index >= 15 is 0 Å². The average Bonchev–Trinajstić information content (AvgIpc) is 3.02. The van der Waals surface area contributed by atoms with E-state index in [1.165, 1.54) is 118 Å². The number of piperidine rings is 1. The molecule has 2 aromatic carbocycles. The summed E-state index contributed by atoms with van der Waals surface area (Å²) >= 11 is 0. The number of benzene rings is 2. The number of unbranched alkanes of at least 4 members (excludes halogenated alkanes) is 2. The highest BCUT2D eigenvalue weighted by Crippen LogP contribution is 2.38. The van der Waals surface area contributed by atoms with Crippen LogP contribution in [-0.4, -0.2) is 24.5 Å². The van der Waals surface area contributed by atoms with Gasteiger partial charge in [0.05, 0.1) is 0 Å². The topological polar surface area (TPSA) is 3.24 Å². The minimum atomic E-state index is 1.05. The van der Waals surface area contributed by atoms with Gasteiger partial charge in [-0.05, 0) is 59.6 Å². The van der Waals surface area contributed by atoms with Gasteiger partial charge in [-0.3, -0.25) is 0 Å². The first-order chi connectivity index (χ1) is 15.9. The summed E-state index contributed by atoms with van der Waals surface area (Å²) < 4.78 is 0. The summed E-state index contributed by atoms with van der Waals surface area (Å²) in [7, 11) is 0. The Morgan fingerprint density at radius 2 is 1.31 bits per heavy atom. The van der Waals surface area contributed by atoms with Crippen molar-refractivity contribution in [2.75, 3.05) is 19.6 Å². The number of likely N-dealkylation sites (tertiary alicyclic amines) is 1. The lowest BCUT2D eigenvalue weighted by Crippen LogP contribution is -2.32. The highest BCUT2D eigenvalue weighted by Gasteiger charge is 2.22. The Morgan fingerprint density at radius 3 is 1.97 bits per heavy atom. The van der Waals surface area contributed by atoms with E-state index in [1.807, 2.05) is 0 Å². The quantitative estimate of drug-likeness (QED) is 0.360. The van der Waals surface area contributed by atoms with Gasteiger partial charge < -0.3 is 4.90 Å². The van der Waals surface area contributed by atoms with Gasteiger partial charge in [-0.1, -0.05) is 118 Å².